The third-order valence-electron chi connectivity index (χ3n) is 1.89. The normalized spacial score (nSPS) is 10.1. The molecule has 0 aliphatic rings. The van der Waals surface area contributed by atoms with E-state index in [1.807, 2.05) is 0 Å². The highest BCUT2D eigenvalue weighted by Crippen LogP contribution is 2.21. The Hall–Kier alpha value is -1.09. The van der Waals surface area contributed by atoms with Crippen LogP contribution >= 0.6 is 11.6 Å². The van der Waals surface area contributed by atoms with Gasteiger partial charge in [-0.3, -0.25) is 4.79 Å². The van der Waals surface area contributed by atoms with Gasteiger partial charge in [0.15, 0.2) is 0 Å². The van der Waals surface area contributed by atoms with Crippen LogP contribution in [0.1, 0.15) is 18.1 Å². The molecule has 2 nitrogen and oxygen atoms in total. The summed E-state index contributed by atoms with van der Waals surface area (Å²) in [5.74, 6) is -0.992. The second kappa shape index (κ2) is 5.12. The molecule has 0 radical (unpaired) electrons. The summed E-state index contributed by atoms with van der Waals surface area (Å²) in [6.07, 6.45) is -0.0823. The first-order valence-electron chi connectivity index (χ1n) is 4.64. The number of halogens is 2. The highest BCUT2D eigenvalue weighted by molar-refractivity contribution is 6.30. The Kier molecular flexibility index (Phi) is 4.09. The molecule has 15 heavy (non-hydrogen) atoms. The summed E-state index contributed by atoms with van der Waals surface area (Å²) in [4.78, 5) is 11.2. The fourth-order valence-electron chi connectivity index (χ4n) is 1.29. The molecule has 0 heterocycles. The number of carbonyl (C=O) groups excluding carboxylic acids is 1. The number of benzene rings is 1. The molecular weight excluding hydrogens is 219 g/mol. The van der Waals surface area contributed by atoms with Crippen LogP contribution in [0.15, 0.2) is 12.1 Å². The van der Waals surface area contributed by atoms with Crippen molar-refractivity contribution in [1.82, 2.24) is 0 Å². The summed E-state index contributed by atoms with van der Waals surface area (Å²) < 4.78 is 18.2. The molecule has 1 aromatic carbocycles. The molecule has 0 fully saturated rings. The molecule has 0 spiro atoms. The van der Waals surface area contributed by atoms with E-state index in [2.05, 4.69) is 0 Å². The maximum absolute atomic E-state index is 13.4. The molecule has 0 amide bonds. The van der Waals surface area contributed by atoms with E-state index >= 15 is 0 Å². The predicted molar refractivity (Wildman–Crippen MR) is 56.5 cm³/mol. The van der Waals surface area contributed by atoms with Crippen LogP contribution in [-0.2, 0) is 16.0 Å². The highest BCUT2D eigenvalue weighted by Gasteiger charge is 2.12. The van der Waals surface area contributed by atoms with Crippen molar-refractivity contribution >= 4 is 17.6 Å². The van der Waals surface area contributed by atoms with Crippen LogP contribution in [0.5, 0.6) is 0 Å². The van der Waals surface area contributed by atoms with Gasteiger partial charge in [0.05, 0.1) is 18.1 Å². The van der Waals surface area contributed by atoms with Gasteiger partial charge in [0.1, 0.15) is 5.82 Å². The molecule has 0 saturated heterocycles. The van der Waals surface area contributed by atoms with Crippen molar-refractivity contribution in [2.45, 2.75) is 20.3 Å². The summed E-state index contributed by atoms with van der Waals surface area (Å²) in [7, 11) is 0. The van der Waals surface area contributed by atoms with Gasteiger partial charge in [0.2, 0.25) is 0 Å². The van der Waals surface area contributed by atoms with Gasteiger partial charge in [0.25, 0.3) is 0 Å². The standard InChI is InChI=1S/C11H12ClFO2/c1-3-15-10(14)6-8-4-7(2)5-9(12)11(8)13/h4-5H,3,6H2,1-2H3. The van der Waals surface area contributed by atoms with E-state index in [9.17, 15) is 9.18 Å². The molecule has 0 saturated carbocycles. The second-order valence-corrected chi connectivity index (χ2v) is 3.61. The lowest BCUT2D eigenvalue weighted by Gasteiger charge is -2.06. The van der Waals surface area contributed by atoms with Crippen LogP contribution in [0, 0.1) is 12.7 Å². The molecule has 0 aromatic heterocycles. The van der Waals surface area contributed by atoms with Crippen molar-refractivity contribution in [3.63, 3.8) is 0 Å². The zero-order valence-electron chi connectivity index (χ0n) is 8.64. The van der Waals surface area contributed by atoms with Gasteiger partial charge in [-0.25, -0.2) is 4.39 Å². The molecule has 0 bridgehead atoms. The number of aryl methyl sites for hydroxylation is 1. The lowest BCUT2D eigenvalue weighted by atomic mass is 10.1. The van der Waals surface area contributed by atoms with E-state index in [0.717, 1.165) is 5.56 Å². The molecule has 1 aromatic rings. The molecule has 82 valence electrons. The largest absolute Gasteiger partial charge is 0.466 e. The van der Waals surface area contributed by atoms with Crippen molar-refractivity contribution in [2.75, 3.05) is 6.61 Å². The summed E-state index contributed by atoms with van der Waals surface area (Å²) in [6, 6.07) is 3.11. The molecule has 4 heteroatoms. The Balaban J connectivity index is 2.89. The average Bonchev–Trinajstić information content (AvgIpc) is 2.13. The Bertz CT molecular complexity index is 377. The number of carbonyl (C=O) groups is 1. The fourth-order valence-corrected chi connectivity index (χ4v) is 1.59. The minimum atomic E-state index is -0.546. The number of hydrogen-bond acceptors (Lipinski definition) is 2. The zero-order chi connectivity index (χ0) is 11.4. The Morgan fingerprint density at radius 2 is 2.20 bits per heavy atom. The van der Waals surface area contributed by atoms with E-state index in [1.165, 1.54) is 6.07 Å². The summed E-state index contributed by atoms with van der Waals surface area (Å²) in [6.45, 7) is 3.79. The average molecular weight is 231 g/mol. The van der Waals surface area contributed by atoms with Crippen molar-refractivity contribution in [3.05, 3.63) is 34.1 Å². The number of ether oxygens (including phenoxy) is 1. The van der Waals surface area contributed by atoms with Crippen molar-refractivity contribution < 1.29 is 13.9 Å². The smallest absolute Gasteiger partial charge is 0.310 e. The minimum Gasteiger partial charge on any atom is -0.466 e. The Labute approximate surface area is 93.0 Å². The predicted octanol–water partition coefficient (Wildman–Crippen LogP) is 2.89. The Morgan fingerprint density at radius 1 is 1.53 bits per heavy atom. The second-order valence-electron chi connectivity index (χ2n) is 3.20. The van der Waals surface area contributed by atoms with Crippen LogP contribution in [-0.4, -0.2) is 12.6 Å². The van der Waals surface area contributed by atoms with Gasteiger partial charge in [-0.2, -0.15) is 0 Å². The molecule has 0 atom stereocenters. The third-order valence-corrected chi connectivity index (χ3v) is 2.16. The van der Waals surface area contributed by atoms with Crippen molar-refractivity contribution in [2.24, 2.45) is 0 Å². The zero-order valence-corrected chi connectivity index (χ0v) is 9.40. The van der Waals surface area contributed by atoms with Crippen LogP contribution < -0.4 is 0 Å². The topological polar surface area (TPSA) is 26.3 Å². The van der Waals surface area contributed by atoms with E-state index in [0.29, 0.717) is 6.61 Å². The first kappa shape index (κ1) is 12.0. The number of hydrogen-bond donors (Lipinski definition) is 0. The minimum absolute atomic E-state index is 0.0364. The first-order chi connectivity index (χ1) is 7.04. The van der Waals surface area contributed by atoms with Crippen molar-refractivity contribution in [1.29, 1.82) is 0 Å². The van der Waals surface area contributed by atoms with Gasteiger partial charge in [-0.05, 0) is 25.5 Å². The fraction of sp³-hybridized carbons (Fsp3) is 0.364. The van der Waals surface area contributed by atoms with E-state index in [1.54, 1.807) is 19.9 Å². The first-order valence-corrected chi connectivity index (χ1v) is 5.02. The maximum Gasteiger partial charge on any atom is 0.310 e. The van der Waals surface area contributed by atoms with Gasteiger partial charge in [0, 0.05) is 5.56 Å². The van der Waals surface area contributed by atoms with Crippen LogP contribution in [0.4, 0.5) is 4.39 Å². The third kappa shape index (κ3) is 3.20. The maximum atomic E-state index is 13.4. The van der Waals surface area contributed by atoms with Crippen LogP contribution in [0.2, 0.25) is 5.02 Å². The van der Waals surface area contributed by atoms with Crippen molar-refractivity contribution in [3.8, 4) is 0 Å². The van der Waals surface area contributed by atoms with E-state index in [4.69, 9.17) is 16.3 Å². The molecule has 0 aliphatic carbocycles. The van der Waals surface area contributed by atoms with Crippen LogP contribution in [0.3, 0.4) is 0 Å². The number of esters is 1. The monoisotopic (exact) mass is 230 g/mol. The van der Waals surface area contributed by atoms with Gasteiger partial charge >= 0.3 is 5.97 Å². The quantitative estimate of drug-likeness (QED) is 0.747. The van der Waals surface area contributed by atoms with Crippen LogP contribution in [0.25, 0.3) is 0 Å². The van der Waals surface area contributed by atoms with Gasteiger partial charge in [-0.1, -0.05) is 17.7 Å². The summed E-state index contributed by atoms with van der Waals surface area (Å²) in [5.41, 5.74) is 1.10. The number of rotatable bonds is 3. The summed E-state index contributed by atoms with van der Waals surface area (Å²) in [5, 5.41) is 0.0364. The Morgan fingerprint density at radius 3 is 2.80 bits per heavy atom. The lowest BCUT2D eigenvalue weighted by molar-refractivity contribution is -0.142. The molecular formula is C11H12ClFO2. The highest BCUT2D eigenvalue weighted by atomic mass is 35.5. The molecule has 0 unspecified atom stereocenters. The molecule has 0 aliphatic heterocycles. The molecule has 1 rings (SSSR count). The van der Waals surface area contributed by atoms with Gasteiger partial charge < -0.3 is 4.74 Å². The summed E-state index contributed by atoms with van der Waals surface area (Å²) >= 11 is 5.65. The SMILES string of the molecule is CCOC(=O)Cc1cc(C)cc(Cl)c1F. The molecule has 0 N–H and O–H groups in total. The lowest BCUT2D eigenvalue weighted by Crippen LogP contribution is -2.09. The van der Waals surface area contributed by atoms with Gasteiger partial charge in [-0.15, -0.1) is 0 Å². The van der Waals surface area contributed by atoms with E-state index < -0.39 is 11.8 Å². The van der Waals surface area contributed by atoms with E-state index in [-0.39, 0.29) is 17.0 Å².